The van der Waals surface area contributed by atoms with Gasteiger partial charge in [-0.1, -0.05) is 23.7 Å². The molecule has 31 heavy (non-hydrogen) atoms. The number of hydrogen-bond acceptors (Lipinski definition) is 4. The zero-order chi connectivity index (χ0) is 21.4. The van der Waals surface area contributed by atoms with E-state index < -0.39 is 0 Å². The largest absolute Gasteiger partial charge is 0.481 e. The summed E-state index contributed by atoms with van der Waals surface area (Å²) in [4.78, 5) is 21.8. The van der Waals surface area contributed by atoms with Crippen molar-refractivity contribution in [1.82, 2.24) is 14.8 Å². The quantitative estimate of drug-likeness (QED) is 0.595. The molecule has 0 saturated carbocycles. The van der Waals surface area contributed by atoms with Crippen molar-refractivity contribution in [2.75, 3.05) is 19.7 Å². The molecule has 2 aliphatic rings. The highest BCUT2D eigenvalue weighted by atomic mass is 35.5. The molecule has 0 radical (unpaired) electrons. The minimum absolute atomic E-state index is 0.00737. The lowest BCUT2D eigenvalue weighted by Gasteiger charge is -2.41. The summed E-state index contributed by atoms with van der Waals surface area (Å²) in [6.45, 7) is 2.41. The average Bonchev–Trinajstić information content (AvgIpc) is 3.05. The van der Waals surface area contributed by atoms with Gasteiger partial charge in [0.05, 0.1) is 5.02 Å². The number of fused-ring (bicyclic) bond motifs is 3. The second-order valence-electron chi connectivity index (χ2n) is 8.24. The van der Waals surface area contributed by atoms with Crippen molar-refractivity contribution in [3.05, 3.63) is 71.1 Å². The van der Waals surface area contributed by atoms with Gasteiger partial charge in [-0.15, -0.1) is 0 Å². The predicted octanol–water partition coefficient (Wildman–Crippen LogP) is 4.28. The highest BCUT2D eigenvalue weighted by molar-refractivity contribution is 6.35. The second-order valence-corrected chi connectivity index (χ2v) is 8.65. The zero-order valence-electron chi connectivity index (χ0n) is 17.0. The summed E-state index contributed by atoms with van der Waals surface area (Å²) in [6.07, 6.45) is 3.69. The third kappa shape index (κ3) is 4.10. The van der Waals surface area contributed by atoms with Gasteiger partial charge >= 0.3 is 0 Å². The van der Waals surface area contributed by atoms with Crippen molar-refractivity contribution in [3.63, 3.8) is 0 Å². The molecule has 160 valence electrons. The number of nitrogens with zero attached hydrogens (tertiary/aromatic N) is 3. The molecule has 0 aliphatic carbocycles. The Morgan fingerprint density at radius 2 is 1.84 bits per heavy atom. The van der Waals surface area contributed by atoms with E-state index >= 15 is 0 Å². The van der Waals surface area contributed by atoms with Crippen molar-refractivity contribution >= 4 is 28.4 Å². The van der Waals surface area contributed by atoms with E-state index in [0.717, 1.165) is 43.4 Å². The van der Waals surface area contributed by atoms with E-state index in [1.54, 1.807) is 18.3 Å². The Morgan fingerprint density at radius 1 is 1.10 bits per heavy atom. The monoisotopic (exact) mass is 439 g/mol. The highest BCUT2D eigenvalue weighted by Crippen LogP contribution is 2.32. The summed E-state index contributed by atoms with van der Waals surface area (Å²) in [5, 5.41) is 1.42. The van der Waals surface area contributed by atoms with Gasteiger partial charge in [-0.2, -0.15) is 0 Å². The number of pyridine rings is 1. The van der Waals surface area contributed by atoms with Gasteiger partial charge < -0.3 is 9.64 Å². The van der Waals surface area contributed by atoms with Crippen LogP contribution in [0.4, 0.5) is 4.39 Å². The van der Waals surface area contributed by atoms with Crippen LogP contribution >= 0.6 is 11.6 Å². The maximum atomic E-state index is 13.2. The SMILES string of the molecule is O=C(COc1ccc(Cl)c2cccnc12)N1C2CCC1CN(Cc1ccc(F)cc1)C2. The molecule has 5 nitrogen and oxygen atoms in total. The molecule has 1 amide bonds. The van der Waals surface area contributed by atoms with Gasteiger partial charge in [0, 0.05) is 43.3 Å². The van der Waals surface area contributed by atoms with Crippen LogP contribution in [0.15, 0.2) is 54.7 Å². The Balaban J connectivity index is 1.23. The molecular weight excluding hydrogens is 417 g/mol. The number of carbonyl (C=O) groups excluding carboxylic acids is 1. The van der Waals surface area contributed by atoms with E-state index in [-0.39, 0.29) is 30.4 Å². The molecule has 2 fully saturated rings. The van der Waals surface area contributed by atoms with Crippen molar-refractivity contribution < 1.29 is 13.9 Å². The number of rotatable bonds is 5. The third-order valence-electron chi connectivity index (χ3n) is 6.20. The lowest BCUT2D eigenvalue weighted by atomic mass is 10.1. The first kappa shape index (κ1) is 20.2. The summed E-state index contributed by atoms with van der Waals surface area (Å²) in [5.74, 6) is 0.353. The minimum Gasteiger partial charge on any atom is -0.481 e. The van der Waals surface area contributed by atoms with Crippen LogP contribution in [0.5, 0.6) is 5.75 Å². The lowest BCUT2D eigenvalue weighted by Crippen LogP contribution is -2.56. The minimum atomic E-state index is -0.220. The molecule has 2 bridgehead atoms. The van der Waals surface area contributed by atoms with Gasteiger partial charge in [0.15, 0.2) is 6.61 Å². The number of carbonyl (C=O) groups is 1. The molecule has 2 aromatic carbocycles. The molecule has 3 aromatic rings. The fourth-order valence-electron chi connectivity index (χ4n) is 4.82. The summed E-state index contributed by atoms with van der Waals surface area (Å²) in [5.41, 5.74) is 1.75. The maximum absolute atomic E-state index is 13.2. The molecule has 0 N–H and O–H groups in total. The van der Waals surface area contributed by atoms with Crippen LogP contribution in [0, 0.1) is 5.82 Å². The molecule has 3 heterocycles. The summed E-state index contributed by atoms with van der Waals surface area (Å²) in [6, 6.07) is 14.3. The van der Waals surface area contributed by atoms with E-state index in [1.807, 2.05) is 29.2 Å². The fourth-order valence-corrected chi connectivity index (χ4v) is 5.03. The van der Waals surface area contributed by atoms with Gasteiger partial charge in [0.1, 0.15) is 17.1 Å². The van der Waals surface area contributed by atoms with Crippen molar-refractivity contribution in [3.8, 4) is 5.75 Å². The van der Waals surface area contributed by atoms with Crippen molar-refractivity contribution in [1.29, 1.82) is 0 Å². The van der Waals surface area contributed by atoms with E-state index in [1.165, 1.54) is 12.1 Å². The molecule has 5 rings (SSSR count). The second kappa shape index (κ2) is 8.44. The number of hydrogen-bond donors (Lipinski definition) is 0. The first-order chi connectivity index (χ1) is 15.1. The van der Waals surface area contributed by atoms with Crippen LogP contribution in [-0.2, 0) is 11.3 Å². The summed E-state index contributed by atoms with van der Waals surface area (Å²) < 4.78 is 19.0. The van der Waals surface area contributed by atoms with Gasteiger partial charge in [0.2, 0.25) is 0 Å². The van der Waals surface area contributed by atoms with Crippen LogP contribution in [0.3, 0.4) is 0 Å². The molecule has 1 aromatic heterocycles. The van der Waals surface area contributed by atoms with E-state index in [4.69, 9.17) is 16.3 Å². The van der Waals surface area contributed by atoms with Crippen LogP contribution in [0.25, 0.3) is 10.9 Å². The number of ether oxygens (including phenoxy) is 1. The van der Waals surface area contributed by atoms with Gasteiger partial charge in [-0.25, -0.2) is 4.39 Å². The van der Waals surface area contributed by atoms with E-state index in [9.17, 15) is 9.18 Å². The first-order valence-corrected chi connectivity index (χ1v) is 10.9. The molecule has 2 aliphatic heterocycles. The van der Waals surface area contributed by atoms with Crippen molar-refractivity contribution in [2.45, 2.75) is 31.5 Å². The molecule has 0 spiro atoms. The van der Waals surface area contributed by atoms with Crippen LogP contribution in [0.1, 0.15) is 18.4 Å². The number of benzene rings is 2. The van der Waals surface area contributed by atoms with Crippen LogP contribution in [0.2, 0.25) is 5.02 Å². The Morgan fingerprint density at radius 3 is 2.58 bits per heavy atom. The number of likely N-dealkylation sites (tertiary alicyclic amines) is 1. The normalized spacial score (nSPS) is 20.9. The van der Waals surface area contributed by atoms with E-state index in [0.29, 0.717) is 16.3 Å². The predicted molar refractivity (Wildman–Crippen MR) is 118 cm³/mol. The zero-order valence-corrected chi connectivity index (χ0v) is 17.8. The molecule has 2 atom stereocenters. The van der Waals surface area contributed by atoms with Gasteiger partial charge in [-0.3, -0.25) is 14.7 Å². The first-order valence-electron chi connectivity index (χ1n) is 10.5. The number of aromatic nitrogens is 1. The number of amides is 1. The number of piperazine rings is 1. The van der Waals surface area contributed by atoms with E-state index in [2.05, 4.69) is 9.88 Å². The molecule has 2 saturated heterocycles. The average molecular weight is 440 g/mol. The Bertz CT molecular complexity index is 1090. The Hall–Kier alpha value is -2.70. The van der Waals surface area contributed by atoms with Crippen LogP contribution < -0.4 is 4.74 Å². The van der Waals surface area contributed by atoms with Crippen molar-refractivity contribution in [2.24, 2.45) is 0 Å². The molecule has 7 heteroatoms. The smallest absolute Gasteiger partial charge is 0.261 e. The molecular formula is C24H23ClFN3O2. The lowest BCUT2D eigenvalue weighted by molar-refractivity contribution is -0.139. The maximum Gasteiger partial charge on any atom is 0.261 e. The summed E-state index contributed by atoms with van der Waals surface area (Å²) in [7, 11) is 0. The third-order valence-corrected chi connectivity index (χ3v) is 6.53. The number of halogens is 2. The Kier molecular flexibility index (Phi) is 5.50. The molecule has 2 unspecified atom stereocenters. The summed E-state index contributed by atoms with van der Waals surface area (Å²) >= 11 is 6.25. The van der Waals surface area contributed by atoms with Gasteiger partial charge in [0.25, 0.3) is 5.91 Å². The highest BCUT2D eigenvalue weighted by Gasteiger charge is 2.42. The fraction of sp³-hybridized carbons (Fsp3) is 0.333. The van der Waals surface area contributed by atoms with Gasteiger partial charge in [-0.05, 0) is 54.8 Å². The Labute approximate surface area is 185 Å². The topological polar surface area (TPSA) is 45.7 Å². The standard InChI is InChI=1S/C24H23ClFN3O2/c25-21-9-10-22(24-20(21)2-1-11-27-24)31-15-23(30)29-18-7-8-19(29)14-28(13-18)12-16-3-5-17(26)6-4-16/h1-6,9-11,18-19H,7-8,12-15H2. The van der Waals surface area contributed by atoms with Crippen LogP contribution in [-0.4, -0.2) is 52.5 Å².